The fourth-order valence-electron chi connectivity index (χ4n) is 2.62. The molecule has 0 saturated carbocycles. The van der Waals surface area contributed by atoms with Crippen molar-refractivity contribution < 1.29 is 19.4 Å². The molecule has 3 rings (SSSR count). The molecule has 1 atom stereocenters. The van der Waals surface area contributed by atoms with E-state index in [0.29, 0.717) is 15.6 Å². The molecule has 7 nitrogen and oxygen atoms in total. The van der Waals surface area contributed by atoms with Gasteiger partial charge in [0.2, 0.25) is 0 Å². The normalized spacial score (nSPS) is 12.5. The number of aromatic nitrogens is 1. The molecule has 0 bridgehead atoms. The third-order valence-corrected chi connectivity index (χ3v) is 5.50. The number of halogens is 2. The van der Waals surface area contributed by atoms with E-state index in [1.165, 1.54) is 29.0 Å². The lowest BCUT2D eigenvalue weighted by Gasteiger charge is -2.21. The number of thiophene rings is 1. The molecule has 1 unspecified atom stereocenters. The highest BCUT2D eigenvalue weighted by molar-refractivity contribution is 14.1. The molecule has 10 heteroatoms. The van der Waals surface area contributed by atoms with Crippen LogP contribution in [0.3, 0.4) is 0 Å². The summed E-state index contributed by atoms with van der Waals surface area (Å²) in [6, 6.07) is 6.32. The second kappa shape index (κ2) is 8.63. The molecule has 1 aromatic carbocycles. The van der Waals surface area contributed by atoms with Crippen molar-refractivity contribution in [1.29, 1.82) is 0 Å². The summed E-state index contributed by atoms with van der Waals surface area (Å²) >= 11 is 3.29. The molecule has 0 aliphatic heterocycles. The summed E-state index contributed by atoms with van der Waals surface area (Å²) in [4.78, 5) is 17.6. The number of nitrogens with one attached hydrogen (secondary N) is 2. The molecule has 0 spiro atoms. The Morgan fingerprint density at radius 3 is 2.89 bits per heavy atom. The Labute approximate surface area is 171 Å². The van der Waals surface area contributed by atoms with Crippen LogP contribution in [-0.2, 0) is 11.9 Å². The Hall–Kier alpha value is -1.57. The zero-order chi connectivity index (χ0) is 19.6. The predicted octanol–water partition coefficient (Wildman–Crippen LogP) is 2.59. The lowest BCUT2D eigenvalue weighted by atomic mass is 10.1. The second-order valence-electron chi connectivity index (χ2n) is 5.63. The van der Waals surface area contributed by atoms with E-state index in [9.17, 15) is 14.3 Å². The number of fused-ring (bicyclic) bond motifs is 1. The van der Waals surface area contributed by atoms with Gasteiger partial charge in [0.1, 0.15) is 11.6 Å². The molecule has 0 aliphatic carbocycles. The molecule has 0 radical (unpaired) electrons. The first-order valence-electron chi connectivity index (χ1n) is 7.92. The maximum absolute atomic E-state index is 14.3. The third kappa shape index (κ3) is 4.15. The minimum absolute atomic E-state index is 0.0229. The highest BCUT2D eigenvalue weighted by atomic mass is 127. The predicted molar refractivity (Wildman–Crippen MR) is 111 cm³/mol. The van der Waals surface area contributed by atoms with Crippen molar-refractivity contribution in [1.82, 2.24) is 10.0 Å². The van der Waals surface area contributed by atoms with Crippen molar-refractivity contribution in [2.24, 2.45) is 7.05 Å². The zero-order valence-corrected chi connectivity index (χ0v) is 17.2. The van der Waals surface area contributed by atoms with Crippen LogP contribution in [-0.4, -0.2) is 28.0 Å². The average Bonchev–Trinajstić information content (AvgIpc) is 3.11. The minimum atomic E-state index is -1.31. The number of hydrogen-bond donors (Lipinski definition) is 4. The first kappa shape index (κ1) is 20.2. The summed E-state index contributed by atoms with van der Waals surface area (Å²) in [5.41, 5.74) is 2.68. The van der Waals surface area contributed by atoms with Gasteiger partial charge in [0.25, 0.3) is 5.56 Å². The van der Waals surface area contributed by atoms with Gasteiger partial charge in [-0.2, -0.15) is 5.48 Å². The summed E-state index contributed by atoms with van der Waals surface area (Å²) in [5, 5.41) is 24.5. The summed E-state index contributed by atoms with van der Waals surface area (Å²) < 4.78 is 16.9. The molecule has 27 heavy (non-hydrogen) atoms. The molecule has 0 saturated heterocycles. The van der Waals surface area contributed by atoms with Crippen molar-refractivity contribution in [3.63, 3.8) is 0 Å². The van der Waals surface area contributed by atoms with E-state index >= 15 is 0 Å². The van der Waals surface area contributed by atoms with Crippen molar-refractivity contribution in [2.45, 2.75) is 6.23 Å². The molecule has 4 N–H and O–H groups in total. The van der Waals surface area contributed by atoms with Crippen molar-refractivity contribution in [2.75, 3.05) is 18.5 Å². The topological polar surface area (TPSA) is 95.8 Å². The van der Waals surface area contributed by atoms with Crippen LogP contribution >= 0.6 is 33.9 Å². The molecule has 0 amide bonds. The summed E-state index contributed by atoms with van der Waals surface area (Å²) in [6.45, 7) is -0.245. The van der Waals surface area contributed by atoms with Crippen LogP contribution in [0.5, 0.6) is 0 Å². The van der Waals surface area contributed by atoms with Gasteiger partial charge in [-0.1, -0.05) is 0 Å². The number of nitrogens with zero attached hydrogens (tertiary/aromatic N) is 1. The van der Waals surface area contributed by atoms with Crippen LogP contribution in [0, 0.1) is 9.39 Å². The van der Waals surface area contributed by atoms with Crippen LogP contribution in [0.2, 0.25) is 0 Å². The lowest BCUT2D eigenvalue weighted by molar-refractivity contribution is -0.0669. The zero-order valence-electron chi connectivity index (χ0n) is 14.2. The van der Waals surface area contributed by atoms with Crippen LogP contribution in [0.4, 0.5) is 15.9 Å². The molecular weight excluding hydrogens is 488 g/mol. The standard InChI is InChI=1S/C17H17FIN3O4S/c1-22-15(20-12-3-2-9(19)8-11(12)18)13(16(24)21-26-6-5-23)14-10(17(22)25)4-7-27-14/h2-4,7-8,16,20-21,23-24H,5-6H2,1H3. The number of pyridine rings is 1. The number of aliphatic hydroxyl groups is 2. The minimum Gasteiger partial charge on any atom is -0.394 e. The Morgan fingerprint density at radius 1 is 1.41 bits per heavy atom. The van der Waals surface area contributed by atoms with Crippen LogP contribution in [0.1, 0.15) is 11.8 Å². The smallest absolute Gasteiger partial charge is 0.260 e. The van der Waals surface area contributed by atoms with Crippen molar-refractivity contribution >= 4 is 55.5 Å². The molecular formula is C17H17FIN3O4S. The first-order chi connectivity index (χ1) is 12.9. The summed E-state index contributed by atoms with van der Waals surface area (Å²) in [6.07, 6.45) is -1.31. The van der Waals surface area contributed by atoms with E-state index < -0.39 is 12.0 Å². The third-order valence-electron chi connectivity index (χ3n) is 3.88. The lowest BCUT2D eigenvalue weighted by Crippen LogP contribution is -2.28. The molecule has 3 aromatic rings. The van der Waals surface area contributed by atoms with E-state index in [1.54, 1.807) is 23.6 Å². The maximum atomic E-state index is 14.3. The monoisotopic (exact) mass is 505 g/mol. The fraction of sp³-hybridized carbons (Fsp3) is 0.235. The van der Waals surface area contributed by atoms with Gasteiger partial charge in [-0.3, -0.25) is 14.2 Å². The fourth-order valence-corrected chi connectivity index (χ4v) is 4.03. The Bertz CT molecular complexity index is 1020. The highest BCUT2D eigenvalue weighted by Gasteiger charge is 2.23. The van der Waals surface area contributed by atoms with E-state index in [2.05, 4.69) is 10.8 Å². The van der Waals surface area contributed by atoms with Gasteiger partial charge in [-0.25, -0.2) is 4.39 Å². The number of rotatable bonds is 7. The second-order valence-corrected chi connectivity index (χ2v) is 7.79. The SMILES string of the molecule is Cn1c(Nc2ccc(I)cc2F)c(C(O)NOCCO)c2sccc2c1=O. The number of aliphatic hydroxyl groups excluding tert-OH is 2. The van der Waals surface area contributed by atoms with Gasteiger partial charge in [-0.15, -0.1) is 11.3 Å². The van der Waals surface area contributed by atoms with Crippen LogP contribution in [0.25, 0.3) is 10.1 Å². The van der Waals surface area contributed by atoms with E-state index in [1.807, 2.05) is 22.6 Å². The van der Waals surface area contributed by atoms with E-state index in [4.69, 9.17) is 9.94 Å². The number of hydroxylamine groups is 1. The van der Waals surface area contributed by atoms with E-state index in [-0.39, 0.29) is 30.3 Å². The van der Waals surface area contributed by atoms with Gasteiger partial charge in [0.05, 0.1) is 34.6 Å². The molecule has 144 valence electrons. The van der Waals surface area contributed by atoms with Crippen LogP contribution < -0.4 is 16.4 Å². The van der Waals surface area contributed by atoms with Gasteiger partial charge in [-0.05, 0) is 52.2 Å². The van der Waals surface area contributed by atoms with Gasteiger partial charge >= 0.3 is 0 Å². The number of anilines is 2. The van der Waals surface area contributed by atoms with E-state index in [0.717, 1.165) is 3.57 Å². The average molecular weight is 505 g/mol. The first-order valence-corrected chi connectivity index (χ1v) is 9.88. The number of hydrogen-bond acceptors (Lipinski definition) is 7. The molecule has 0 aliphatic rings. The molecule has 0 fully saturated rings. The Balaban J connectivity index is 2.13. The highest BCUT2D eigenvalue weighted by Crippen LogP contribution is 2.34. The molecule has 2 heterocycles. The molecule has 2 aromatic heterocycles. The quantitative estimate of drug-likeness (QED) is 0.171. The summed E-state index contributed by atoms with van der Waals surface area (Å²) in [5.74, 6) is -0.242. The summed E-state index contributed by atoms with van der Waals surface area (Å²) in [7, 11) is 1.54. The Morgan fingerprint density at radius 2 is 2.19 bits per heavy atom. The maximum Gasteiger partial charge on any atom is 0.260 e. The number of benzene rings is 1. The van der Waals surface area contributed by atoms with Crippen molar-refractivity contribution in [3.05, 3.63) is 55.0 Å². The van der Waals surface area contributed by atoms with Gasteiger partial charge < -0.3 is 15.5 Å². The van der Waals surface area contributed by atoms with Gasteiger partial charge in [0.15, 0.2) is 6.23 Å². The van der Waals surface area contributed by atoms with Crippen molar-refractivity contribution in [3.8, 4) is 0 Å². The van der Waals surface area contributed by atoms with Crippen LogP contribution in [0.15, 0.2) is 34.4 Å². The largest absolute Gasteiger partial charge is 0.394 e. The Kier molecular flexibility index (Phi) is 6.44. The van der Waals surface area contributed by atoms with Gasteiger partial charge in [0, 0.05) is 10.6 Å².